The molecule has 0 radical (unpaired) electrons. The van der Waals surface area contributed by atoms with E-state index in [1.165, 1.54) is 6.21 Å². The van der Waals surface area contributed by atoms with Gasteiger partial charge in [-0.2, -0.15) is 18.3 Å². The molecule has 0 heterocycles. The first-order chi connectivity index (χ1) is 13.8. The Hall–Kier alpha value is -3.32. The number of nitrogens with one attached hydrogen (secondary N) is 1. The Morgan fingerprint density at radius 2 is 1.62 bits per heavy atom. The van der Waals surface area contributed by atoms with Crippen LogP contribution in [0.4, 0.5) is 13.2 Å². The zero-order valence-electron chi connectivity index (χ0n) is 14.8. The molecular formula is C21H14ClF3N2O2. The zero-order chi connectivity index (χ0) is 20.9. The molecule has 4 nitrogen and oxygen atoms in total. The summed E-state index contributed by atoms with van der Waals surface area (Å²) in [4.78, 5) is 12.1. The highest BCUT2D eigenvalue weighted by atomic mass is 35.5. The van der Waals surface area contributed by atoms with Gasteiger partial charge in [-0.1, -0.05) is 23.7 Å². The fourth-order valence-electron chi connectivity index (χ4n) is 2.35. The van der Waals surface area contributed by atoms with Crippen LogP contribution in [0.5, 0.6) is 11.5 Å². The maximum absolute atomic E-state index is 12.6. The van der Waals surface area contributed by atoms with Crippen molar-refractivity contribution in [2.24, 2.45) is 5.10 Å². The average Bonchev–Trinajstić information content (AvgIpc) is 2.70. The number of halogens is 4. The molecule has 0 saturated heterocycles. The monoisotopic (exact) mass is 418 g/mol. The van der Waals surface area contributed by atoms with E-state index in [0.29, 0.717) is 22.1 Å². The van der Waals surface area contributed by atoms with Gasteiger partial charge >= 0.3 is 6.18 Å². The molecule has 0 aromatic heterocycles. The van der Waals surface area contributed by atoms with Gasteiger partial charge in [-0.3, -0.25) is 4.79 Å². The minimum atomic E-state index is -4.46. The van der Waals surface area contributed by atoms with Crippen molar-refractivity contribution in [2.75, 3.05) is 0 Å². The lowest BCUT2D eigenvalue weighted by Crippen LogP contribution is -2.18. The summed E-state index contributed by atoms with van der Waals surface area (Å²) < 4.78 is 43.5. The minimum Gasteiger partial charge on any atom is -0.457 e. The van der Waals surface area contributed by atoms with E-state index < -0.39 is 17.6 Å². The van der Waals surface area contributed by atoms with Crippen molar-refractivity contribution < 1.29 is 22.7 Å². The van der Waals surface area contributed by atoms with Gasteiger partial charge < -0.3 is 4.74 Å². The second-order valence-corrected chi connectivity index (χ2v) is 6.30. The topological polar surface area (TPSA) is 50.7 Å². The number of hydrazone groups is 1. The first-order valence-electron chi connectivity index (χ1n) is 8.36. The number of para-hydroxylation sites is 1. The molecule has 0 aliphatic carbocycles. The van der Waals surface area contributed by atoms with E-state index in [2.05, 4.69) is 10.5 Å². The summed E-state index contributed by atoms with van der Waals surface area (Å²) in [6.45, 7) is 0. The van der Waals surface area contributed by atoms with Crippen LogP contribution in [0, 0.1) is 0 Å². The highest BCUT2D eigenvalue weighted by Gasteiger charge is 2.30. The summed E-state index contributed by atoms with van der Waals surface area (Å²) in [5.74, 6) is 0.442. The number of nitrogens with zero attached hydrogens (tertiary/aromatic N) is 1. The van der Waals surface area contributed by atoms with Crippen LogP contribution >= 0.6 is 11.6 Å². The number of rotatable bonds is 5. The fourth-order valence-corrected chi connectivity index (χ4v) is 2.47. The Labute approximate surface area is 169 Å². The molecule has 0 atom stereocenters. The maximum Gasteiger partial charge on any atom is 0.416 e. The molecule has 0 spiro atoms. The van der Waals surface area contributed by atoms with Gasteiger partial charge in [0.1, 0.15) is 11.5 Å². The van der Waals surface area contributed by atoms with Crippen molar-refractivity contribution in [3.63, 3.8) is 0 Å². The molecule has 1 N–H and O–H groups in total. The van der Waals surface area contributed by atoms with Crippen LogP contribution in [0.25, 0.3) is 0 Å². The van der Waals surface area contributed by atoms with E-state index in [0.717, 1.165) is 24.3 Å². The third kappa shape index (κ3) is 5.58. The van der Waals surface area contributed by atoms with Crippen LogP contribution in [0.1, 0.15) is 21.5 Å². The van der Waals surface area contributed by atoms with E-state index in [9.17, 15) is 18.0 Å². The number of hydrogen-bond acceptors (Lipinski definition) is 3. The molecule has 0 unspecified atom stereocenters. The quantitative estimate of drug-likeness (QED) is 0.413. The van der Waals surface area contributed by atoms with Crippen LogP contribution in [0.2, 0.25) is 5.02 Å². The number of hydrogen-bond donors (Lipinski definition) is 1. The lowest BCUT2D eigenvalue weighted by Gasteiger charge is -2.08. The normalized spacial score (nSPS) is 11.4. The van der Waals surface area contributed by atoms with Crippen LogP contribution in [0.3, 0.4) is 0 Å². The Morgan fingerprint density at radius 3 is 2.28 bits per heavy atom. The predicted octanol–water partition coefficient (Wildman–Crippen LogP) is 5.92. The number of alkyl halides is 3. The number of carbonyl (C=O) groups excluding carboxylic acids is 1. The van der Waals surface area contributed by atoms with Gasteiger partial charge in [0.05, 0.1) is 11.8 Å². The highest BCUT2D eigenvalue weighted by Crippen LogP contribution is 2.29. The van der Waals surface area contributed by atoms with Gasteiger partial charge in [0.25, 0.3) is 5.91 Å². The van der Waals surface area contributed by atoms with Gasteiger partial charge in [-0.25, -0.2) is 5.43 Å². The van der Waals surface area contributed by atoms with Gasteiger partial charge in [-0.15, -0.1) is 0 Å². The van der Waals surface area contributed by atoms with Crippen molar-refractivity contribution in [2.45, 2.75) is 6.18 Å². The number of amides is 1. The molecule has 3 aromatic rings. The largest absolute Gasteiger partial charge is 0.457 e. The van der Waals surface area contributed by atoms with Crippen LogP contribution in [0.15, 0.2) is 77.9 Å². The standard InChI is InChI=1S/C21H14ClF3N2O2/c22-17-9-11-18(12-10-17)29-19-4-2-1-3-15(19)13-26-27-20(28)14-5-7-16(8-6-14)21(23,24)25/h1-13H,(H,27,28)/b26-13-. The molecule has 0 bridgehead atoms. The Bertz CT molecular complexity index is 1020. The first kappa shape index (κ1) is 20.4. The summed E-state index contributed by atoms with van der Waals surface area (Å²) in [5, 5.41) is 4.44. The highest BCUT2D eigenvalue weighted by molar-refractivity contribution is 6.30. The smallest absolute Gasteiger partial charge is 0.416 e. The Kier molecular flexibility index (Phi) is 6.19. The van der Waals surface area contributed by atoms with Crippen LogP contribution in [-0.4, -0.2) is 12.1 Å². The van der Waals surface area contributed by atoms with Crippen molar-refractivity contribution in [1.82, 2.24) is 5.43 Å². The van der Waals surface area contributed by atoms with Crippen molar-refractivity contribution in [3.8, 4) is 11.5 Å². The van der Waals surface area contributed by atoms with E-state index in [-0.39, 0.29) is 5.56 Å². The first-order valence-corrected chi connectivity index (χ1v) is 8.74. The Balaban J connectivity index is 1.67. The number of ether oxygens (including phenoxy) is 1. The van der Waals surface area contributed by atoms with Crippen LogP contribution < -0.4 is 10.2 Å². The SMILES string of the molecule is O=C(N/N=C\c1ccccc1Oc1ccc(Cl)cc1)c1ccc(C(F)(F)F)cc1. The van der Waals surface area contributed by atoms with Gasteiger partial charge in [0, 0.05) is 16.1 Å². The van der Waals surface area contributed by atoms with Crippen molar-refractivity contribution in [3.05, 3.63) is 94.5 Å². The van der Waals surface area contributed by atoms with Crippen molar-refractivity contribution >= 4 is 23.7 Å². The molecule has 3 rings (SSSR count). The summed E-state index contributed by atoms with van der Waals surface area (Å²) in [7, 11) is 0. The van der Waals surface area contributed by atoms with E-state index in [4.69, 9.17) is 16.3 Å². The molecule has 8 heteroatoms. The fraction of sp³-hybridized carbons (Fsp3) is 0.0476. The molecule has 0 aliphatic heterocycles. The molecular weight excluding hydrogens is 405 g/mol. The van der Waals surface area contributed by atoms with Crippen LogP contribution in [-0.2, 0) is 6.18 Å². The van der Waals surface area contributed by atoms with Gasteiger partial charge in [0.15, 0.2) is 0 Å². The molecule has 148 valence electrons. The third-order valence-corrected chi connectivity index (χ3v) is 4.06. The van der Waals surface area contributed by atoms with Crippen molar-refractivity contribution in [1.29, 1.82) is 0 Å². The zero-order valence-corrected chi connectivity index (χ0v) is 15.5. The lowest BCUT2D eigenvalue weighted by molar-refractivity contribution is -0.137. The van der Waals surface area contributed by atoms with E-state index in [1.807, 2.05) is 0 Å². The molecule has 29 heavy (non-hydrogen) atoms. The second-order valence-electron chi connectivity index (χ2n) is 5.87. The maximum atomic E-state index is 12.6. The Morgan fingerprint density at radius 1 is 0.966 bits per heavy atom. The van der Waals surface area contributed by atoms with E-state index in [1.54, 1.807) is 48.5 Å². The molecule has 0 fully saturated rings. The molecule has 1 amide bonds. The molecule has 0 aliphatic rings. The summed E-state index contributed by atoms with van der Waals surface area (Å²) in [5.41, 5.74) is 2.10. The van der Waals surface area contributed by atoms with Gasteiger partial charge in [-0.05, 0) is 60.7 Å². The summed E-state index contributed by atoms with van der Waals surface area (Å²) in [6.07, 6.45) is -3.08. The summed E-state index contributed by atoms with van der Waals surface area (Å²) in [6, 6.07) is 17.7. The molecule has 3 aromatic carbocycles. The predicted molar refractivity (Wildman–Crippen MR) is 104 cm³/mol. The van der Waals surface area contributed by atoms with E-state index >= 15 is 0 Å². The second kappa shape index (κ2) is 8.79. The lowest BCUT2D eigenvalue weighted by atomic mass is 10.1. The molecule has 0 saturated carbocycles. The third-order valence-electron chi connectivity index (χ3n) is 3.80. The minimum absolute atomic E-state index is 0.0563. The number of carbonyl (C=O) groups is 1. The average molecular weight is 419 g/mol. The van der Waals surface area contributed by atoms with Gasteiger partial charge in [0.2, 0.25) is 0 Å². The summed E-state index contributed by atoms with van der Waals surface area (Å²) >= 11 is 5.85. The number of benzene rings is 3.